The Morgan fingerprint density at radius 2 is 1.89 bits per heavy atom. The van der Waals surface area contributed by atoms with Gasteiger partial charge in [-0.15, -0.1) is 0 Å². The van der Waals surface area contributed by atoms with E-state index >= 15 is 0 Å². The van der Waals surface area contributed by atoms with Crippen LogP contribution in [0.4, 0.5) is 10.5 Å². The minimum atomic E-state index is -0.147. The van der Waals surface area contributed by atoms with Crippen molar-refractivity contribution in [1.82, 2.24) is 10.2 Å². The molecule has 1 fully saturated rings. The van der Waals surface area contributed by atoms with Gasteiger partial charge in [0.1, 0.15) is 0 Å². The summed E-state index contributed by atoms with van der Waals surface area (Å²) in [4.78, 5) is 26.6. The van der Waals surface area contributed by atoms with Gasteiger partial charge in [-0.2, -0.15) is 0 Å². The fourth-order valence-corrected chi connectivity index (χ4v) is 3.91. The molecule has 2 aromatic carbocycles. The molecule has 2 heterocycles. The van der Waals surface area contributed by atoms with Gasteiger partial charge in [0.15, 0.2) is 0 Å². The van der Waals surface area contributed by atoms with Gasteiger partial charge in [-0.1, -0.05) is 22.0 Å². The number of carbonyl (C=O) groups excluding carboxylic acids is 2. The van der Waals surface area contributed by atoms with E-state index in [1.165, 1.54) is 0 Å². The number of hydrogen-bond acceptors (Lipinski definition) is 3. The maximum absolute atomic E-state index is 12.5. The highest BCUT2D eigenvalue weighted by molar-refractivity contribution is 9.10. The molecule has 0 aromatic heterocycles. The minimum Gasteiger partial charge on any atom is -0.381 e. The van der Waals surface area contributed by atoms with Crippen molar-refractivity contribution in [1.29, 1.82) is 0 Å². The molecule has 1 saturated heterocycles. The van der Waals surface area contributed by atoms with E-state index in [0.29, 0.717) is 43.4 Å². The number of nitrogens with one attached hydrogen (secondary N) is 2. The molecule has 2 aliphatic rings. The van der Waals surface area contributed by atoms with Crippen molar-refractivity contribution in [3.8, 4) is 0 Å². The van der Waals surface area contributed by atoms with E-state index in [2.05, 4.69) is 26.6 Å². The van der Waals surface area contributed by atoms with Crippen molar-refractivity contribution in [2.24, 2.45) is 5.92 Å². The molecule has 146 valence electrons. The number of carbonyl (C=O) groups is 2. The van der Waals surface area contributed by atoms with Crippen LogP contribution in [0.1, 0.15) is 27.9 Å². The molecular formula is C21H22BrN3O3. The standard InChI is InChI=1S/C21H22BrN3O3/c22-18-4-1-16-11-25(12-17(16)9-18)21(27)24-19-5-2-15(3-6-19)20(26)23-10-14-7-8-28-13-14/h1-6,9,14H,7-8,10-13H2,(H,23,26)(H,24,27)/t14-/m0/s1. The third-order valence-corrected chi connectivity index (χ3v) is 5.64. The summed E-state index contributed by atoms with van der Waals surface area (Å²) >= 11 is 3.47. The lowest BCUT2D eigenvalue weighted by Crippen LogP contribution is -2.30. The fourth-order valence-electron chi connectivity index (χ4n) is 3.50. The highest BCUT2D eigenvalue weighted by Crippen LogP contribution is 2.26. The minimum absolute atomic E-state index is 0.106. The lowest BCUT2D eigenvalue weighted by molar-refractivity contribution is 0.0945. The van der Waals surface area contributed by atoms with E-state index in [4.69, 9.17) is 4.74 Å². The van der Waals surface area contributed by atoms with Crippen LogP contribution >= 0.6 is 15.9 Å². The number of rotatable bonds is 4. The number of anilines is 1. The van der Waals surface area contributed by atoms with Gasteiger partial charge in [0, 0.05) is 47.9 Å². The van der Waals surface area contributed by atoms with Crippen LogP contribution in [-0.4, -0.2) is 36.6 Å². The molecule has 2 N–H and O–H groups in total. The average molecular weight is 444 g/mol. The first-order valence-electron chi connectivity index (χ1n) is 9.38. The van der Waals surface area contributed by atoms with Crippen molar-refractivity contribution >= 4 is 33.6 Å². The van der Waals surface area contributed by atoms with E-state index in [9.17, 15) is 9.59 Å². The van der Waals surface area contributed by atoms with Crippen molar-refractivity contribution in [2.75, 3.05) is 25.1 Å². The molecule has 0 saturated carbocycles. The Kier molecular flexibility index (Phi) is 5.64. The molecule has 4 rings (SSSR count). The topological polar surface area (TPSA) is 70.7 Å². The highest BCUT2D eigenvalue weighted by Gasteiger charge is 2.23. The maximum Gasteiger partial charge on any atom is 0.322 e. The van der Waals surface area contributed by atoms with Crippen LogP contribution in [0.5, 0.6) is 0 Å². The van der Waals surface area contributed by atoms with E-state index in [1.807, 2.05) is 18.2 Å². The molecule has 3 amide bonds. The van der Waals surface area contributed by atoms with Crippen molar-refractivity contribution in [2.45, 2.75) is 19.5 Å². The zero-order valence-electron chi connectivity index (χ0n) is 15.4. The Hall–Kier alpha value is -2.38. The quantitative estimate of drug-likeness (QED) is 0.755. The normalized spacial score (nSPS) is 18.0. The van der Waals surface area contributed by atoms with Crippen LogP contribution < -0.4 is 10.6 Å². The fraction of sp³-hybridized carbons (Fsp3) is 0.333. The van der Waals surface area contributed by atoms with E-state index in [1.54, 1.807) is 29.2 Å². The lowest BCUT2D eigenvalue weighted by Gasteiger charge is -2.16. The number of ether oxygens (including phenoxy) is 1. The van der Waals surface area contributed by atoms with E-state index < -0.39 is 0 Å². The molecule has 6 nitrogen and oxygen atoms in total. The van der Waals surface area contributed by atoms with Crippen molar-refractivity contribution in [3.05, 3.63) is 63.6 Å². The number of fused-ring (bicyclic) bond motifs is 1. The summed E-state index contributed by atoms with van der Waals surface area (Å²) in [5.74, 6) is 0.290. The van der Waals surface area contributed by atoms with Gasteiger partial charge < -0.3 is 20.3 Å². The number of hydrogen-bond donors (Lipinski definition) is 2. The summed E-state index contributed by atoms with van der Waals surface area (Å²) in [6, 6.07) is 12.9. The highest BCUT2D eigenvalue weighted by atomic mass is 79.9. The van der Waals surface area contributed by atoms with E-state index in [0.717, 1.165) is 28.6 Å². The molecule has 0 aliphatic carbocycles. The Labute approximate surface area is 172 Å². The molecule has 0 unspecified atom stereocenters. The zero-order valence-corrected chi connectivity index (χ0v) is 17.0. The van der Waals surface area contributed by atoms with Crippen LogP contribution in [0.2, 0.25) is 0 Å². The maximum atomic E-state index is 12.5. The second-order valence-electron chi connectivity index (χ2n) is 7.22. The average Bonchev–Trinajstić information content (AvgIpc) is 3.36. The van der Waals surface area contributed by atoms with Gasteiger partial charge in [0.2, 0.25) is 0 Å². The van der Waals surface area contributed by atoms with Crippen LogP contribution in [0, 0.1) is 5.92 Å². The largest absolute Gasteiger partial charge is 0.381 e. The van der Waals surface area contributed by atoms with Crippen LogP contribution in [-0.2, 0) is 17.8 Å². The molecule has 1 atom stereocenters. The summed E-state index contributed by atoms with van der Waals surface area (Å²) in [5, 5.41) is 5.85. The second-order valence-corrected chi connectivity index (χ2v) is 8.13. The third kappa shape index (κ3) is 4.36. The molecule has 0 spiro atoms. The first kappa shape index (κ1) is 19.0. The van der Waals surface area contributed by atoms with Crippen LogP contribution in [0.3, 0.4) is 0 Å². The number of nitrogens with zero attached hydrogens (tertiary/aromatic N) is 1. The summed E-state index contributed by atoms with van der Waals surface area (Å²) in [6.45, 7) is 3.30. The summed E-state index contributed by atoms with van der Waals surface area (Å²) in [7, 11) is 0. The predicted octanol–water partition coefficient (Wildman–Crippen LogP) is 3.76. The first-order chi connectivity index (χ1) is 13.6. The Balaban J connectivity index is 1.30. The van der Waals surface area contributed by atoms with Gasteiger partial charge in [0.25, 0.3) is 5.91 Å². The molecule has 0 radical (unpaired) electrons. The molecule has 28 heavy (non-hydrogen) atoms. The van der Waals surface area contributed by atoms with Gasteiger partial charge >= 0.3 is 6.03 Å². The van der Waals surface area contributed by atoms with E-state index in [-0.39, 0.29) is 11.9 Å². The molecule has 2 aliphatic heterocycles. The number of halogens is 1. The third-order valence-electron chi connectivity index (χ3n) is 5.15. The van der Waals surface area contributed by atoms with Crippen LogP contribution in [0.15, 0.2) is 46.9 Å². The summed E-state index contributed by atoms with van der Waals surface area (Å²) in [6.07, 6.45) is 0.989. The Bertz CT molecular complexity index is 879. The second kappa shape index (κ2) is 8.32. The molecule has 7 heteroatoms. The van der Waals surface area contributed by atoms with Gasteiger partial charge in [-0.25, -0.2) is 4.79 Å². The van der Waals surface area contributed by atoms with Gasteiger partial charge in [0.05, 0.1) is 6.61 Å². The molecular weight excluding hydrogens is 422 g/mol. The lowest BCUT2D eigenvalue weighted by atomic mass is 10.1. The van der Waals surface area contributed by atoms with Gasteiger partial charge in [-0.3, -0.25) is 4.79 Å². The monoisotopic (exact) mass is 443 g/mol. The molecule has 2 aromatic rings. The zero-order chi connectivity index (χ0) is 19.5. The summed E-state index contributed by atoms with van der Waals surface area (Å²) in [5.41, 5.74) is 3.57. The first-order valence-corrected chi connectivity index (χ1v) is 10.2. The number of benzene rings is 2. The Morgan fingerprint density at radius 3 is 2.64 bits per heavy atom. The van der Waals surface area contributed by atoms with Crippen molar-refractivity contribution < 1.29 is 14.3 Å². The number of urea groups is 1. The van der Waals surface area contributed by atoms with Crippen molar-refractivity contribution in [3.63, 3.8) is 0 Å². The summed E-state index contributed by atoms with van der Waals surface area (Å²) < 4.78 is 6.34. The van der Waals surface area contributed by atoms with Gasteiger partial charge in [-0.05, 0) is 53.9 Å². The van der Waals surface area contributed by atoms with Crippen LogP contribution in [0.25, 0.3) is 0 Å². The predicted molar refractivity (Wildman–Crippen MR) is 110 cm³/mol. The number of amides is 3. The Morgan fingerprint density at radius 1 is 1.11 bits per heavy atom. The SMILES string of the molecule is O=C(NC[C@@H]1CCOC1)c1ccc(NC(=O)N2Cc3ccc(Br)cc3C2)cc1. The molecule has 0 bridgehead atoms. The smallest absolute Gasteiger partial charge is 0.322 e.